The molecule has 1 N–H and O–H groups in total. The summed E-state index contributed by atoms with van der Waals surface area (Å²) in [4.78, 5) is 0. The Balaban J connectivity index is 1.43. The smallest absolute Gasteiger partial charge is 0.143 e. The van der Waals surface area contributed by atoms with E-state index in [-0.39, 0.29) is 6.61 Å². The minimum absolute atomic E-state index is 0.147. The molecule has 0 radical (unpaired) electrons. The predicted molar refractivity (Wildman–Crippen MR) is 125 cm³/mol. The van der Waals surface area contributed by atoms with Gasteiger partial charge in [0.15, 0.2) is 0 Å². The lowest BCUT2D eigenvalue weighted by Crippen LogP contribution is -2.33. The van der Waals surface area contributed by atoms with Crippen LogP contribution in [-0.4, -0.2) is 18.3 Å². The molecule has 2 nitrogen and oxygen atoms in total. The van der Waals surface area contributed by atoms with Crippen molar-refractivity contribution in [1.29, 1.82) is 0 Å². The van der Waals surface area contributed by atoms with Crippen LogP contribution in [0.25, 0.3) is 0 Å². The van der Waals surface area contributed by atoms with Crippen molar-refractivity contribution in [2.24, 2.45) is 23.7 Å². The molecular weight excluding hydrogens is 380 g/mol. The fourth-order valence-electron chi connectivity index (χ4n) is 5.17. The van der Waals surface area contributed by atoms with Crippen molar-refractivity contribution in [2.45, 2.75) is 18.4 Å². The van der Waals surface area contributed by atoms with Crippen molar-refractivity contribution in [3.05, 3.63) is 120 Å². The maximum Gasteiger partial charge on any atom is 0.143 e. The molecule has 0 unspecified atom stereocenters. The largest absolute Gasteiger partial charge is 0.392 e. The second-order valence-electron chi connectivity index (χ2n) is 8.92. The minimum Gasteiger partial charge on any atom is -0.392 e. The summed E-state index contributed by atoms with van der Waals surface area (Å²) in [5.41, 5.74) is 2.88. The molecule has 0 amide bonds. The second-order valence-corrected chi connectivity index (χ2v) is 8.92. The van der Waals surface area contributed by atoms with Crippen molar-refractivity contribution < 1.29 is 9.84 Å². The van der Waals surface area contributed by atoms with E-state index in [1.54, 1.807) is 0 Å². The summed E-state index contributed by atoms with van der Waals surface area (Å²) in [5.74, 6) is 2.81. The van der Waals surface area contributed by atoms with E-state index in [2.05, 4.69) is 97.1 Å². The van der Waals surface area contributed by atoms with Crippen LogP contribution in [-0.2, 0) is 10.3 Å². The summed E-state index contributed by atoms with van der Waals surface area (Å²) >= 11 is 0. The molecule has 0 spiro atoms. The number of ether oxygens (including phenoxy) is 1. The average Bonchev–Trinajstić information content (AvgIpc) is 3.76. The quantitative estimate of drug-likeness (QED) is 0.356. The number of hydrogen-bond donors (Lipinski definition) is 1. The second kappa shape index (κ2) is 8.82. The SMILES string of the molecule is OC/C=C/[C@H]1C[C@@H]1[C@H]1C[C@@H]1COC(c1ccccc1)(c1ccccc1)c1ccccc1. The lowest BCUT2D eigenvalue weighted by atomic mass is 9.80. The maximum absolute atomic E-state index is 9.03. The van der Waals surface area contributed by atoms with Crippen LogP contribution in [0.2, 0.25) is 0 Å². The molecule has 0 aromatic heterocycles. The maximum atomic E-state index is 9.03. The summed E-state index contributed by atoms with van der Waals surface area (Å²) in [6.07, 6.45) is 6.61. The first kappa shape index (κ1) is 20.2. The zero-order valence-corrected chi connectivity index (χ0v) is 17.8. The van der Waals surface area contributed by atoms with E-state index in [9.17, 15) is 0 Å². The molecule has 3 aromatic rings. The number of allylic oxidation sites excluding steroid dienone is 1. The molecule has 2 fully saturated rings. The number of rotatable bonds is 9. The minimum atomic E-state index is -0.614. The lowest BCUT2D eigenvalue weighted by Gasteiger charge is -2.36. The van der Waals surface area contributed by atoms with Gasteiger partial charge in [0.1, 0.15) is 5.60 Å². The third-order valence-corrected chi connectivity index (χ3v) is 6.96. The van der Waals surface area contributed by atoms with E-state index >= 15 is 0 Å². The highest BCUT2D eigenvalue weighted by Crippen LogP contribution is 2.59. The van der Waals surface area contributed by atoms with E-state index in [1.807, 2.05) is 6.08 Å². The summed E-state index contributed by atoms with van der Waals surface area (Å²) in [5, 5.41) is 9.03. The molecule has 0 saturated heterocycles. The normalized spacial score (nSPS) is 24.9. The van der Waals surface area contributed by atoms with Crippen LogP contribution in [0.5, 0.6) is 0 Å². The topological polar surface area (TPSA) is 29.5 Å². The molecule has 2 aliphatic carbocycles. The van der Waals surface area contributed by atoms with Crippen molar-refractivity contribution in [2.75, 3.05) is 13.2 Å². The van der Waals surface area contributed by atoms with Crippen LogP contribution in [0.3, 0.4) is 0 Å². The van der Waals surface area contributed by atoms with Gasteiger partial charge in [-0.2, -0.15) is 0 Å². The number of aliphatic hydroxyl groups is 1. The van der Waals surface area contributed by atoms with Crippen molar-refractivity contribution in [3.8, 4) is 0 Å². The third-order valence-electron chi connectivity index (χ3n) is 6.96. The van der Waals surface area contributed by atoms with Crippen molar-refractivity contribution in [3.63, 3.8) is 0 Å². The molecule has 3 aromatic carbocycles. The van der Waals surface area contributed by atoms with Crippen LogP contribution in [0.15, 0.2) is 103 Å². The van der Waals surface area contributed by atoms with Crippen molar-refractivity contribution >= 4 is 0 Å². The molecule has 2 aliphatic rings. The van der Waals surface area contributed by atoms with Gasteiger partial charge in [-0.25, -0.2) is 0 Å². The lowest BCUT2D eigenvalue weighted by molar-refractivity contribution is 0.00389. The Kier molecular flexibility index (Phi) is 5.76. The Morgan fingerprint density at radius 3 is 1.74 bits per heavy atom. The van der Waals surface area contributed by atoms with Gasteiger partial charge < -0.3 is 9.84 Å². The van der Waals surface area contributed by atoms with Gasteiger partial charge in [0.25, 0.3) is 0 Å². The van der Waals surface area contributed by atoms with Gasteiger partial charge in [-0.15, -0.1) is 0 Å². The summed E-state index contributed by atoms with van der Waals surface area (Å²) in [6.45, 7) is 0.907. The predicted octanol–water partition coefficient (Wildman–Crippen LogP) is 5.82. The summed E-state index contributed by atoms with van der Waals surface area (Å²) < 4.78 is 6.98. The monoisotopic (exact) mass is 410 g/mol. The van der Waals surface area contributed by atoms with Gasteiger partial charge in [-0.05, 0) is 53.2 Å². The van der Waals surface area contributed by atoms with E-state index in [0.29, 0.717) is 11.8 Å². The van der Waals surface area contributed by atoms with Gasteiger partial charge in [0.2, 0.25) is 0 Å². The molecule has 158 valence electrons. The van der Waals surface area contributed by atoms with E-state index < -0.39 is 5.60 Å². The molecule has 4 atom stereocenters. The first-order valence-corrected chi connectivity index (χ1v) is 11.4. The van der Waals surface area contributed by atoms with Crippen LogP contribution >= 0.6 is 0 Å². The molecule has 2 saturated carbocycles. The zero-order valence-electron chi connectivity index (χ0n) is 17.8. The molecule has 0 aliphatic heterocycles. The van der Waals surface area contributed by atoms with E-state index in [4.69, 9.17) is 9.84 Å². The van der Waals surface area contributed by atoms with Gasteiger partial charge in [-0.1, -0.05) is 103 Å². The number of aliphatic hydroxyl groups excluding tert-OH is 1. The van der Waals surface area contributed by atoms with Gasteiger partial charge >= 0.3 is 0 Å². The Labute approximate surface area is 185 Å². The summed E-state index contributed by atoms with van der Waals surface area (Å²) in [6, 6.07) is 31.9. The molecule has 31 heavy (non-hydrogen) atoms. The highest BCUT2D eigenvalue weighted by molar-refractivity contribution is 5.47. The molecule has 2 heteroatoms. The number of hydrogen-bond acceptors (Lipinski definition) is 2. The highest BCUT2D eigenvalue weighted by atomic mass is 16.5. The van der Waals surface area contributed by atoms with E-state index in [0.717, 1.165) is 18.4 Å². The molecule has 0 bridgehead atoms. The highest BCUT2D eigenvalue weighted by Gasteiger charge is 2.53. The van der Waals surface area contributed by atoms with Gasteiger partial charge in [-0.3, -0.25) is 0 Å². The Morgan fingerprint density at radius 1 is 0.742 bits per heavy atom. The van der Waals surface area contributed by atoms with Crippen LogP contribution in [0, 0.1) is 23.7 Å². The molecule has 0 heterocycles. The Hall–Kier alpha value is -2.68. The van der Waals surface area contributed by atoms with Crippen LogP contribution in [0.1, 0.15) is 29.5 Å². The van der Waals surface area contributed by atoms with Crippen LogP contribution < -0.4 is 0 Å². The molecular formula is C29H30O2. The third kappa shape index (κ3) is 4.11. The van der Waals surface area contributed by atoms with Crippen LogP contribution in [0.4, 0.5) is 0 Å². The standard InChI is InChI=1S/C29H30O2/c30-18-10-11-22-19-27(22)28-20-23(28)21-31-29(24-12-4-1-5-13-24,25-14-6-2-7-15-25)26-16-8-3-9-17-26/h1-17,22-23,27-28,30H,18-21H2/b11-10+/t22-,23+,27-,28-/m0/s1. The number of benzene rings is 3. The summed E-state index contributed by atoms with van der Waals surface area (Å²) in [7, 11) is 0. The first-order valence-electron chi connectivity index (χ1n) is 11.4. The Bertz CT molecular complexity index is 900. The first-order chi connectivity index (χ1) is 15.3. The zero-order chi connectivity index (χ0) is 21.1. The van der Waals surface area contributed by atoms with Gasteiger partial charge in [0, 0.05) is 0 Å². The van der Waals surface area contributed by atoms with Gasteiger partial charge in [0.05, 0.1) is 13.2 Å². The van der Waals surface area contributed by atoms with Crippen molar-refractivity contribution in [1.82, 2.24) is 0 Å². The molecule has 5 rings (SSSR count). The van der Waals surface area contributed by atoms with E-state index in [1.165, 1.54) is 29.5 Å². The fraction of sp³-hybridized carbons (Fsp3) is 0.310. The fourth-order valence-corrected chi connectivity index (χ4v) is 5.17. The average molecular weight is 411 g/mol. The Morgan fingerprint density at radius 2 is 1.26 bits per heavy atom.